The summed E-state index contributed by atoms with van der Waals surface area (Å²) in [7, 11) is 0. The zero-order chi connectivity index (χ0) is 24.3. The number of hydrogen-bond acceptors (Lipinski definition) is 7. The van der Waals surface area contributed by atoms with Gasteiger partial charge in [-0.3, -0.25) is 14.4 Å². The summed E-state index contributed by atoms with van der Waals surface area (Å²) in [5.74, 6) is -1.67. The maximum absolute atomic E-state index is 13.4. The van der Waals surface area contributed by atoms with Gasteiger partial charge in [0.05, 0.1) is 12.0 Å². The summed E-state index contributed by atoms with van der Waals surface area (Å²) in [6.45, 7) is 0. The van der Waals surface area contributed by atoms with Crippen LogP contribution in [0.4, 0.5) is 0 Å². The Morgan fingerprint density at radius 1 is 0.943 bits per heavy atom. The number of benzene rings is 3. The van der Waals surface area contributed by atoms with E-state index < -0.39 is 23.1 Å². The number of pyridine rings is 1. The number of rotatable bonds is 2. The SMILES string of the molecule is O=C1C[C@@H](c2cc3ccccc3[nH]c2=O)c2c(cc(O)c3c(=O)c(-c4ccc(O)cc4)coc23)O1. The Hall–Kier alpha value is -4.85. The van der Waals surface area contributed by atoms with Crippen LogP contribution in [-0.2, 0) is 4.79 Å². The Labute approximate surface area is 196 Å². The van der Waals surface area contributed by atoms with Crippen LogP contribution in [0.15, 0.2) is 80.9 Å². The summed E-state index contributed by atoms with van der Waals surface area (Å²) >= 11 is 0. The molecular formula is C27H17NO7. The second-order valence-corrected chi connectivity index (χ2v) is 8.41. The molecule has 3 aromatic carbocycles. The summed E-state index contributed by atoms with van der Waals surface area (Å²) < 4.78 is 11.2. The number of esters is 1. The molecule has 3 N–H and O–H groups in total. The molecule has 1 atom stereocenters. The number of aromatic hydroxyl groups is 2. The predicted octanol–water partition coefficient (Wildman–Crippen LogP) is 4.15. The number of phenolic OH excluding ortho intramolecular Hbond substituents is 2. The van der Waals surface area contributed by atoms with Gasteiger partial charge in [-0.1, -0.05) is 30.3 Å². The third kappa shape index (κ3) is 3.26. The number of aromatic amines is 1. The fraction of sp³-hybridized carbons (Fsp3) is 0.0741. The average molecular weight is 467 g/mol. The molecule has 1 aliphatic rings. The Balaban J connectivity index is 1.63. The largest absolute Gasteiger partial charge is 0.508 e. The van der Waals surface area contributed by atoms with E-state index in [1.54, 1.807) is 24.3 Å². The molecule has 0 fully saturated rings. The van der Waals surface area contributed by atoms with E-state index in [9.17, 15) is 24.6 Å². The molecule has 0 aliphatic carbocycles. The number of ether oxygens (including phenoxy) is 1. The zero-order valence-corrected chi connectivity index (χ0v) is 18.1. The number of hydrogen-bond donors (Lipinski definition) is 3. The maximum atomic E-state index is 13.4. The molecule has 35 heavy (non-hydrogen) atoms. The van der Waals surface area contributed by atoms with Crippen molar-refractivity contribution >= 4 is 27.8 Å². The van der Waals surface area contributed by atoms with Crippen molar-refractivity contribution < 1.29 is 24.2 Å². The van der Waals surface area contributed by atoms with E-state index in [1.165, 1.54) is 24.5 Å². The molecule has 8 nitrogen and oxygen atoms in total. The molecule has 8 heteroatoms. The van der Waals surface area contributed by atoms with Crippen LogP contribution in [0.5, 0.6) is 17.2 Å². The number of carbonyl (C=O) groups is 1. The van der Waals surface area contributed by atoms with Gasteiger partial charge in [0.1, 0.15) is 34.5 Å². The maximum Gasteiger partial charge on any atom is 0.312 e. The molecule has 0 unspecified atom stereocenters. The first kappa shape index (κ1) is 20.7. The molecule has 6 rings (SSSR count). The van der Waals surface area contributed by atoms with Crippen LogP contribution in [0, 0.1) is 0 Å². The van der Waals surface area contributed by atoms with Gasteiger partial charge in [-0.15, -0.1) is 0 Å². The van der Waals surface area contributed by atoms with Gasteiger partial charge in [-0.2, -0.15) is 0 Å². The highest BCUT2D eigenvalue weighted by Crippen LogP contribution is 2.45. The van der Waals surface area contributed by atoms with Gasteiger partial charge in [0.2, 0.25) is 5.43 Å². The van der Waals surface area contributed by atoms with Gasteiger partial charge in [0, 0.05) is 28.6 Å². The lowest BCUT2D eigenvalue weighted by molar-refractivity contribution is -0.135. The van der Waals surface area contributed by atoms with Crippen molar-refractivity contribution in [3.8, 4) is 28.4 Å². The van der Waals surface area contributed by atoms with Gasteiger partial charge >= 0.3 is 5.97 Å². The predicted molar refractivity (Wildman–Crippen MR) is 128 cm³/mol. The van der Waals surface area contributed by atoms with Gasteiger partial charge in [-0.05, 0) is 35.2 Å². The molecule has 172 valence electrons. The Kier molecular flexibility index (Phi) is 4.50. The molecule has 0 bridgehead atoms. The van der Waals surface area contributed by atoms with Crippen LogP contribution in [0.1, 0.15) is 23.5 Å². The minimum atomic E-state index is -0.759. The minimum Gasteiger partial charge on any atom is -0.508 e. The number of para-hydroxylation sites is 1. The normalized spacial score (nSPS) is 15.2. The summed E-state index contributed by atoms with van der Waals surface area (Å²) in [5.41, 5.74) is 1.15. The van der Waals surface area contributed by atoms with Crippen LogP contribution in [-0.4, -0.2) is 21.2 Å². The highest BCUT2D eigenvalue weighted by Gasteiger charge is 2.35. The summed E-state index contributed by atoms with van der Waals surface area (Å²) in [5, 5.41) is 21.0. The highest BCUT2D eigenvalue weighted by atomic mass is 16.5. The van der Waals surface area contributed by atoms with Gasteiger partial charge in [0.15, 0.2) is 0 Å². The monoisotopic (exact) mass is 467 g/mol. The number of phenols is 2. The van der Waals surface area contributed by atoms with E-state index in [0.29, 0.717) is 22.2 Å². The lowest BCUT2D eigenvalue weighted by Gasteiger charge is -2.25. The van der Waals surface area contributed by atoms with Crippen molar-refractivity contribution in [2.24, 2.45) is 0 Å². The van der Waals surface area contributed by atoms with Crippen LogP contribution in [0.25, 0.3) is 33.0 Å². The first-order valence-electron chi connectivity index (χ1n) is 10.8. The number of nitrogens with one attached hydrogen (secondary N) is 1. The van der Waals surface area contributed by atoms with Gasteiger partial charge < -0.3 is 24.4 Å². The van der Waals surface area contributed by atoms with Crippen molar-refractivity contribution in [3.63, 3.8) is 0 Å². The minimum absolute atomic E-state index is 0.0318. The van der Waals surface area contributed by atoms with E-state index >= 15 is 0 Å². The van der Waals surface area contributed by atoms with Crippen molar-refractivity contribution in [3.05, 3.63) is 98.6 Å². The van der Waals surface area contributed by atoms with Crippen LogP contribution in [0.2, 0.25) is 0 Å². The molecule has 0 radical (unpaired) electrons. The fourth-order valence-corrected chi connectivity index (χ4v) is 4.66. The van der Waals surface area contributed by atoms with Crippen molar-refractivity contribution in [2.45, 2.75) is 12.3 Å². The molecule has 2 aromatic heterocycles. The quantitative estimate of drug-likeness (QED) is 0.263. The van der Waals surface area contributed by atoms with E-state index in [1.807, 2.05) is 18.2 Å². The zero-order valence-electron chi connectivity index (χ0n) is 18.1. The Bertz CT molecular complexity index is 1780. The standard InChI is InChI=1S/C27H17NO7/c29-15-7-5-13(6-8-15)18-12-34-26-23-16(17-9-14-3-1-2-4-19(14)28-27(17)33)10-22(31)35-21(23)11-20(30)24(26)25(18)32/h1-9,11-12,16,29-30H,10H2,(H,28,33)/t16-/m0/s1. The second-order valence-electron chi connectivity index (χ2n) is 8.41. The molecule has 0 amide bonds. The first-order chi connectivity index (χ1) is 16.9. The fourth-order valence-electron chi connectivity index (χ4n) is 4.66. The number of aromatic nitrogens is 1. The molecule has 3 heterocycles. The number of carbonyl (C=O) groups excluding carboxylic acids is 1. The molecule has 0 spiro atoms. The van der Waals surface area contributed by atoms with Crippen LogP contribution < -0.4 is 15.7 Å². The highest BCUT2D eigenvalue weighted by molar-refractivity contribution is 5.94. The van der Waals surface area contributed by atoms with Gasteiger partial charge in [-0.25, -0.2) is 0 Å². The second kappa shape index (κ2) is 7.59. The lowest BCUT2D eigenvalue weighted by Crippen LogP contribution is -2.26. The van der Waals surface area contributed by atoms with Crippen LogP contribution >= 0.6 is 0 Å². The van der Waals surface area contributed by atoms with Crippen molar-refractivity contribution in [1.82, 2.24) is 4.98 Å². The van der Waals surface area contributed by atoms with Crippen LogP contribution in [0.3, 0.4) is 0 Å². The third-order valence-electron chi connectivity index (χ3n) is 6.31. The summed E-state index contributed by atoms with van der Waals surface area (Å²) in [4.78, 5) is 41.7. The number of H-pyrrole nitrogens is 1. The van der Waals surface area contributed by atoms with E-state index in [0.717, 1.165) is 5.39 Å². The third-order valence-corrected chi connectivity index (χ3v) is 6.31. The Morgan fingerprint density at radius 3 is 2.51 bits per heavy atom. The average Bonchev–Trinajstić information content (AvgIpc) is 2.83. The Morgan fingerprint density at radius 2 is 1.71 bits per heavy atom. The van der Waals surface area contributed by atoms with E-state index in [-0.39, 0.29) is 40.0 Å². The molecule has 1 aliphatic heterocycles. The smallest absolute Gasteiger partial charge is 0.312 e. The van der Waals surface area contributed by atoms with Crippen molar-refractivity contribution in [2.75, 3.05) is 0 Å². The van der Waals surface area contributed by atoms with E-state index in [2.05, 4.69) is 4.98 Å². The van der Waals surface area contributed by atoms with Crippen molar-refractivity contribution in [1.29, 1.82) is 0 Å². The molecule has 0 saturated heterocycles. The molecule has 5 aromatic rings. The number of fused-ring (bicyclic) bond motifs is 4. The molecule has 0 saturated carbocycles. The van der Waals surface area contributed by atoms with E-state index in [4.69, 9.17) is 9.15 Å². The first-order valence-corrected chi connectivity index (χ1v) is 10.8. The lowest BCUT2D eigenvalue weighted by atomic mass is 9.85. The molecular weight excluding hydrogens is 450 g/mol. The topological polar surface area (TPSA) is 130 Å². The summed E-state index contributed by atoms with van der Waals surface area (Å²) in [6, 6.07) is 16.2. The van der Waals surface area contributed by atoms with Gasteiger partial charge in [0.25, 0.3) is 5.56 Å². The summed E-state index contributed by atoms with van der Waals surface area (Å²) in [6.07, 6.45) is 1.12.